The molecule has 3 heterocycles. The van der Waals surface area contributed by atoms with Gasteiger partial charge in [0.05, 0.1) is 5.60 Å². The number of aromatic nitrogens is 1. The van der Waals surface area contributed by atoms with Gasteiger partial charge in [-0.1, -0.05) is 12.1 Å². The molecule has 0 amide bonds. The number of nitrogens with zero attached hydrogens (tertiary/aromatic N) is 3. The molecule has 0 saturated carbocycles. The summed E-state index contributed by atoms with van der Waals surface area (Å²) in [6.07, 6.45) is 6.31. The van der Waals surface area contributed by atoms with E-state index in [9.17, 15) is 10.2 Å². The molecule has 154 valence electrons. The number of rotatable bonds is 3. The number of fused-ring (bicyclic) bond motifs is 1. The average Bonchev–Trinajstić information content (AvgIpc) is 2.88. The van der Waals surface area contributed by atoms with Crippen molar-refractivity contribution in [2.24, 2.45) is 0 Å². The number of benzene rings is 1. The zero-order valence-corrected chi connectivity index (χ0v) is 17.2. The first kappa shape index (κ1) is 19.0. The highest BCUT2D eigenvalue weighted by Gasteiger charge is 2.62. The number of likely N-dealkylation sites (N-methyl/N-ethyl adjacent to an activating group) is 1. The van der Waals surface area contributed by atoms with E-state index in [1.165, 1.54) is 11.1 Å². The number of aliphatic hydroxyl groups is 1. The van der Waals surface area contributed by atoms with Crippen LogP contribution in [0.25, 0.3) is 0 Å². The summed E-state index contributed by atoms with van der Waals surface area (Å²) in [5.74, 6) is 0.314. The van der Waals surface area contributed by atoms with E-state index in [1.807, 2.05) is 24.4 Å². The summed E-state index contributed by atoms with van der Waals surface area (Å²) in [5.41, 5.74) is 2.60. The van der Waals surface area contributed by atoms with Crippen molar-refractivity contribution >= 4 is 0 Å². The summed E-state index contributed by atoms with van der Waals surface area (Å²) in [7, 11) is 2.15. The lowest BCUT2D eigenvalue weighted by atomic mass is 9.52. The number of phenols is 1. The van der Waals surface area contributed by atoms with E-state index in [-0.39, 0.29) is 11.5 Å². The molecule has 3 aliphatic rings. The van der Waals surface area contributed by atoms with E-state index in [2.05, 4.69) is 34.0 Å². The van der Waals surface area contributed by atoms with Crippen LogP contribution in [-0.2, 0) is 18.3 Å². The lowest BCUT2D eigenvalue weighted by molar-refractivity contribution is -0.142. The van der Waals surface area contributed by atoms with Gasteiger partial charge in [-0.3, -0.25) is 4.98 Å². The Hall–Kier alpha value is -1.95. The standard InChI is InChI=1S/C24H31N3O2/c1-26-13-8-23-9-14-27(12-7-19-4-2-3-11-25-19)15-10-24(23,29)22(26)16-18-5-6-20(28)17-21(18)23/h2-6,11,17,22,28-29H,7-10,12-16H2,1H3. The van der Waals surface area contributed by atoms with Gasteiger partial charge in [-0.2, -0.15) is 0 Å². The second-order valence-electron chi connectivity index (χ2n) is 9.21. The van der Waals surface area contributed by atoms with Gasteiger partial charge in [0.2, 0.25) is 0 Å². The number of pyridine rings is 1. The van der Waals surface area contributed by atoms with Crippen LogP contribution in [0.4, 0.5) is 0 Å². The Kier molecular flexibility index (Phi) is 4.65. The number of aromatic hydroxyl groups is 1. The molecule has 2 saturated heterocycles. The van der Waals surface area contributed by atoms with Gasteiger partial charge < -0.3 is 20.0 Å². The minimum absolute atomic E-state index is 0.143. The minimum atomic E-state index is -0.749. The van der Waals surface area contributed by atoms with Gasteiger partial charge in [-0.25, -0.2) is 0 Å². The van der Waals surface area contributed by atoms with Crippen LogP contribution < -0.4 is 0 Å². The number of likely N-dealkylation sites (tertiary alicyclic amines) is 2. The third-order valence-electron chi connectivity index (χ3n) is 7.90. The molecule has 2 aromatic rings. The maximum Gasteiger partial charge on any atom is 0.115 e. The SMILES string of the molecule is CN1CCC23CCN(CCc4ccccn4)CCC2(O)C1Cc1ccc(O)cc13. The van der Waals surface area contributed by atoms with Crippen molar-refractivity contribution in [1.29, 1.82) is 0 Å². The monoisotopic (exact) mass is 393 g/mol. The summed E-state index contributed by atoms with van der Waals surface area (Å²) in [5, 5.41) is 22.4. The van der Waals surface area contributed by atoms with Crippen LogP contribution in [0, 0.1) is 0 Å². The highest BCUT2D eigenvalue weighted by Crippen LogP contribution is 2.56. The lowest BCUT2D eigenvalue weighted by Crippen LogP contribution is -2.70. The van der Waals surface area contributed by atoms with Crippen LogP contribution in [0.1, 0.15) is 36.1 Å². The summed E-state index contributed by atoms with van der Waals surface area (Å²) < 4.78 is 0. The van der Waals surface area contributed by atoms with Gasteiger partial charge in [0.25, 0.3) is 0 Å². The maximum atomic E-state index is 12.2. The molecule has 3 unspecified atom stereocenters. The van der Waals surface area contributed by atoms with Crippen molar-refractivity contribution in [3.63, 3.8) is 0 Å². The van der Waals surface area contributed by atoms with E-state index in [4.69, 9.17) is 0 Å². The molecule has 0 radical (unpaired) electrons. The van der Waals surface area contributed by atoms with Crippen LogP contribution in [0.5, 0.6) is 5.75 Å². The molecule has 2 aliphatic heterocycles. The van der Waals surface area contributed by atoms with E-state index in [0.717, 1.165) is 64.0 Å². The molecule has 1 aromatic carbocycles. The molecule has 5 heteroatoms. The van der Waals surface area contributed by atoms with Crippen molar-refractivity contribution in [1.82, 2.24) is 14.8 Å². The fraction of sp³-hybridized carbons (Fsp3) is 0.542. The quantitative estimate of drug-likeness (QED) is 0.838. The fourth-order valence-corrected chi connectivity index (χ4v) is 6.23. The normalized spacial score (nSPS) is 32.3. The summed E-state index contributed by atoms with van der Waals surface area (Å²) in [6.45, 7) is 3.84. The maximum absolute atomic E-state index is 12.2. The van der Waals surface area contributed by atoms with Crippen molar-refractivity contribution in [3.8, 4) is 5.75 Å². The van der Waals surface area contributed by atoms with Crippen LogP contribution >= 0.6 is 0 Å². The van der Waals surface area contributed by atoms with Gasteiger partial charge >= 0.3 is 0 Å². The van der Waals surface area contributed by atoms with E-state index in [1.54, 1.807) is 6.07 Å². The number of hydrogen-bond acceptors (Lipinski definition) is 5. The zero-order valence-electron chi connectivity index (χ0n) is 17.2. The molecule has 2 bridgehead atoms. The van der Waals surface area contributed by atoms with Gasteiger partial charge in [0.15, 0.2) is 0 Å². The van der Waals surface area contributed by atoms with Crippen molar-refractivity contribution in [2.75, 3.05) is 33.2 Å². The van der Waals surface area contributed by atoms with E-state index >= 15 is 0 Å². The Morgan fingerprint density at radius 1 is 1.10 bits per heavy atom. The fourth-order valence-electron chi connectivity index (χ4n) is 6.23. The number of phenolic OH excluding ortho intramolecular Hbond substituents is 1. The molecule has 2 N–H and O–H groups in total. The predicted octanol–water partition coefficient (Wildman–Crippen LogP) is 2.35. The van der Waals surface area contributed by atoms with Crippen LogP contribution in [0.3, 0.4) is 0 Å². The molecule has 1 aliphatic carbocycles. The molecule has 1 aromatic heterocycles. The molecular formula is C24H31N3O2. The number of piperidine rings is 1. The molecular weight excluding hydrogens is 362 g/mol. The third-order valence-corrected chi connectivity index (χ3v) is 7.90. The van der Waals surface area contributed by atoms with Crippen molar-refractivity contribution < 1.29 is 10.2 Å². The largest absolute Gasteiger partial charge is 0.508 e. The highest BCUT2D eigenvalue weighted by atomic mass is 16.3. The first-order valence-electron chi connectivity index (χ1n) is 10.9. The minimum Gasteiger partial charge on any atom is -0.508 e. The Bertz CT molecular complexity index is 889. The summed E-state index contributed by atoms with van der Waals surface area (Å²) in [6, 6.07) is 12.0. The summed E-state index contributed by atoms with van der Waals surface area (Å²) in [4.78, 5) is 9.32. The number of hydrogen-bond donors (Lipinski definition) is 2. The Labute approximate surface area is 173 Å². The first-order valence-corrected chi connectivity index (χ1v) is 10.9. The van der Waals surface area contributed by atoms with Crippen LogP contribution in [-0.4, -0.2) is 69.9 Å². The lowest BCUT2D eigenvalue weighted by Gasteiger charge is -2.61. The Balaban J connectivity index is 1.46. The topological polar surface area (TPSA) is 59.8 Å². The van der Waals surface area contributed by atoms with Gasteiger partial charge in [0, 0.05) is 42.9 Å². The van der Waals surface area contributed by atoms with Crippen LogP contribution in [0.2, 0.25) is 0 Å². The van der Waals surface area contributed by atoms with Crippen molar-refractivity contribution in [3.05, 3.63) is 59.4 Å². The second kappa shape index (κ2) is 7.08. The predicted molar refractivity (Wildman–Crippen MR) is 113 cm³/mol. The Morgan fingerprint density at radius 3 is 2.76 bits per heavy atom. The van der Waals surface area contributed by atoms with E-state index < -0.39 is 5.60 Å². The zero-order chi connectivity index (χ0) is 20.1. The molecule has 29 heavy (non-hydrogen) atoms. The molecule has 3 atom stereocenters. The molecule has 0 spiro atoms. The molecule has 5 nitrogen and oxygen atoms in total. The third kappa shape index (κ3) is 2.98. The highest BCUT2D eigenvalue weighted by molar-refractivity contribution is 5.47. The molecule has 2 fully saturated rings. The van der Waals surface area contributed by atoms with Gasteiger partial charge in [-0.05, 0) is 81.2 Å². The van der Waals surface area contributed by atoms with Crippen LogP contribution in [0.15, 0.2) is 42.6 Å². The van der Waals surface area contributed by atoms with Crippen molar-refractivity contribution in [2.45, 2.75) is 49.2 Å². The molecule has 5 rings (SSSR count). The first-order chi connectivity index (χ1) is 14.0. The Morgan fingerprint density at radius 2 is 1.93 bits per heavy atom. The van der Waals surface area contributed by atoms with E-state index in [0.29, 0.717) is 5.75 Å². The summed E-state index contributed by atoms with van der Waals surface area (Å²) >= 11 is 0. The van der Waals surface area contributed by atoms with Gasteiger partial charge in [0.1, 0.15) is 5.75 Å². The average molecular weight is 394 g/mol. The second-order valence-corrected chi connectivity index (χ2v) is 9.21. The van der Waals surface area contributed by atoms with Gasteiger partial charge in [-0.15, -0.1) is 0 Å². The smallest absolute Gasteiger partial charge is 0.115 e.